The zero-order valence-corrected chi connectivity index (χ0v) is 7.37. The topological polar surface area (TPSA) is 76.7 Å². The molecule has 0 aliphatic heterocycles. The van der Waals surface area contributed by atoms with E-state index < -0.39 is 0 Å². The van der Waals surface area contributed by atoms with Crippen molar-refractivity contribution in [3.05, 3.63) is 16.3 Å². The van der Waals surface area contributed by atoms with Crippen molar-refractivity contribution in [2.75, 3.05) is 0 Å². The minimum atomic E-state index is -0.184. The molecule has 12 heavy (non-hydrogen) atoms. The number of hydrogen-bond acceptors (Lipinski definition) is 3. The lowest BCUT2D eigenvalue weighted by Gasteiger charge is -2.07. The number of rotatable bonds is 3. The van der Waals surface area contributed by atoms with E-state index in [1.54, 1.807) is 4.57 Å². The smallest absolute Gasteiger partial charge is 0.321 e. The molecular weight excluding hydrogens is 156 g/mol. The Labute approximate surface area is 70.6 Å². The van der Waals surface area contributed by atoms with Crippen LogP contribution in [0, 0.1) is 0 Å². The maximum Gasteiger partial charge on any atom is 0.343 e. The third-order valence-electron chi connectivity index (χ3n) is 1.88. The maximum absolute atomic E-state index is 11.1. The highest BCUT2D eigenvalue weighted by Crippen LogP contribution is 2.07. The van der Waals surface area contributed by atoms with Gasteiger partial charge in [-0.25, -0.2) is 9.89 Å². The Balaban J connectivity index is 3.07. The molecule has 0 aromatic carbocycles. The largest absolute Gasteiger partial charge is 0.343 e. The van der Waals surface area contributed by atoms with Crippen molar-refractivity contribution in [2.45, 2.75) is 32.9 Å². The van der Waals surface area contributed by atoms with E-state index in [1.165, 1.54) is 0 Å². The van der Waals surface area contributed by atoms with Gasteiger partial charge in [-0.3, -0.25) is 4.57 Å². The van der Waals surface area contributed by atoms with Gasteiger partial charge < -0.3 is 5.73 Å². The average molecular weight is 170 g/mol. The summed E-state index contributed by atoms with van der Waals surface area (Å²) in [5.41, 5.74) is 5.56. The van der Waals surface area contributed by atoms with Crippen LogP contribution in [0.15, 0.2) is 4.79 Å². The van der Waals surface area contributed by atoms with Crippen molar-refractivity contribution in [1.82, 2.24) is 14.8 Å². The molecule has 1 aromatic heterocycles. The Bertz CT molecular complexity index is 301. The van der Waals surface area contributed by atoms with Gasteiger partial charge in [0.25, 0.3) is 0 Å². The molecule has 0 fully saturated rings. The van der Waals surface area contributed by atoms with E-state index >= 15 is 0 Å². The van der Waals surface area contributed by atoms with Crippen LogP contribution in [0.25, 0.3) is 0 Å². The molecule has 5 heteroatoms. The number of hydrogen-bond donors (Lipinski definition) is 2. The van der Waals surface area contributed by atoms with E-state index in [2.05, 4.69) is 10.2 Å². The molecule has 0 saturated heterocycles. The normalized spacial score (nSPS) is 13.2. The fourth-order valence-corrected chi connectivity index (χ4v) is 1.10. The highest BCUT2D eigenvalue weighted by Gasteiger charge is 2.12. The third kappa shape index (κ3) is 1.40. The Kier molecular flexibility index (Phi) is 2.65. The first-order chi connectivity index (χ1) is 5.70. The van der Waals surface area contributed by atoms with Crippen LogP contribution in [0.5, 0.6) is 0 Å². The lowest BCUT2D eigenvalue weighted by atomic mass is 10.2. The van der Waals surface area contributed by atoms with E-state index in [-0.39, 0.29) is 11.7 Å². The molecule has 1 atom stereocenters. The molecule has 1 aromatic rings. The summed E-state index contributed by atoms with van der Waals surface area (Å²) in [6.45, 7) is 4.46. The van der Waals surface area contributed by atoms with Gasteiger partial charge in [-0.1, -0.05) is 6.92 Å². The molecule has 68 valence electrons. The van der Waals surface area contributed by atoms with Crippen molar-refractivity contribution < 1.29 is 0 Å². The highest BCUT2D eigenvalue weighted by atomic mass is 16.1. The summed E-state index contributed by atoms with van der Waals surface area (Å²) in [5.74, 6) is 0.644. The Hall–Kier alpha value is -1.10. The minimum Gasteiger partial charge on any atom is -0.321 e. The van der Waals surface area contributed by atoms with Gasteiger partial charge in [0.15, 0.2) is 0 Å². The van der Waals surface area contributed by atoms with Crippen LogP contribution in [-0.2, 0) is 6.54 Å². The molecule has 0 radical (unpaired) electrons. The predicted molar refractivity (Wildman–Crippen MR) is 45.7 cm³/mol. The number of nitrogens with one attached hydrogen (secondary N) is 1. The molecule has 0 aliphatic carbocycles. The molecule has 0 spiro atoms. The molecular formula is C7H14N4O. The van der Waals surface area contributed by atoms with E-state index in [0.717, 1.165) is 6.42 Å². The molecule has 0 amide bonds. The predicted octanol–water partition coefficient (Wildman–Crippen LogP) is 0.00110. The van der Waals surface area contributed by atoms with E-state index in [1.807, 2.05) is 13.8 Å². The average Bonchev–Trinajstić information content (AvgIpc) is 2.45. The Morgan fingerprint density at radius 2 is 2.33 bits per heavy atom. The summed E-state index contributed by atoms with van der Waals surface area (Å²) in [6, 6.07) is -0.149. The van der Waals surface area contributed by atoms with Crippen LogP contribution in [-0.4, -0.2) is 14.8 Å². The quantitative estimate of drug-likeness (QED) is 0.670. The first-order valence-electron chi connectivity index (χ1n) is 4.11. The van der Waals surface area contributed by atoms with Crippen molar-refractivity contribution in [1.29, 1.82) is 0 Å². The first kappa shape index (κ1) is 8.99. The Morgan fingerprint density at radius 3 is 2.83 bits per heavy atom. The summed E-state index contributed by atoms with van der Waals surface area (Å²) >= 11 is 0. The van der Waals surface area contributed by atoms with Gasteiger partial charge in [0.05, 0.1) is 6.04 Å². The number of nitrogens with two attached hydrogens (primary N) is 1. The summed E-state index contributed by atoms with van der Waals surface area (Å²) in [6.07, 6.45) is 0.782. The van der Waals surface area contributed by atoms with Gasteiger partial charge in [0.2, 0.25) is 0 Å². The second-order valence-electron chi connectivity index (χ2n) is 2.65. The van der Waals surface area contributed by atoms with Crippen LogP contribution in [0.4, 0.5) is 0 Å². The number of nitrogens with zero attached hydrogens (tertiary/aromatic N) is 2. The minimum absolute atomic E-state index is 0.149. The molecule has 1 heterocycles. The standard InChI is InChI=1S/C7H14N4O/c1-3-5(8)6-9-10-7(12)11(6)4-2/h5H,3-4,8H2,1-2H3,(H,10,12)/t5-/m0/s1. The molecule has 5 nitrogen and oxygen atoms in total. The molecule has 3 N–H and O–H groups in total. The molecule has 0 saturated carbocycles. The van der Waals surface area contributed by atoms with E-state index in [4.69, 9.17) is 5.73 Å². The molecule has 0 aliphatic rings. The molecule has 0 unspecified atom stereocenters. The maximum atomic E-state index is 11.1. The lowest BCUT2D eigenvalue weighted by Crippen LogP contribution is -2.22. The lowest BCUT2D eigenvalue weighted by molar-refractivity contribution is 0.581. The zero-order chi connectivity index (χ0) is 9.14. The van der Waals surface area contributed by atoms with Gasteiger partial charge in [-0.05, 0) is 13.3 Å². The van der Waals surface area contributed by atoms with Crippen molar-refractivity contribution in [3.63, 3.8) is 0 Å². The van der Waals surface area contributed by atoms with Gasteiger partial charge >= 0.3 is 5.69 Å². The van der Waals surface area contributed by atoms with Crippen LogP contribution in [0.3, 0.4) is 0 Å². The van der Waals surface area contributed by atoms with Gasteiger partial charge in [-0.15, -0.1) is 0 Å². The highest BCUT2D eigenvalue weighted by molar-refractivity contribution is 4.92. The van der Waals surface area contributed by atoms with Crippen LogP contribution < -0.4 is 11.4 Å². The van der Waals surface area contributed by atoms with Gasteiger partial charge in [0, 0.05) is 6.54 Å². The van der Waals surface area contributed by atoms with Crippen molar-refractivity contribution >= 4 is 0 Å². The number of H-pyrrole nitrogens is 1. The second-order valence-corrected chi connectivity index (χ2v) is 2.65. The molecule has 1 rings (SSSR count). The summed E-state index contributed by atoms with van der Waals surface area (Å²) in [5, 5.41) is 6.24. The van der Waals surface area contributed by atoms with E-state index in [0.29, 0.717) is 12.4 Å². The van der Waals surface area contributed by atoms with Crippen LogP contribution >= 0.6 is 0 Å². The Morgan fingerprint density at radius 1 is 1.67 bits per heavy atom. The fourth-order valence-electron chi connectivity index (χ4n) is 1.10. The van der Waals surface area contributed by atoms with Gasteiger partial charge in [-0.2, -0.15) is 5.10 Å². The SMILES string of the molecule is CC[C@H](N)c1n[nH]c(=O)n1CC. The van der Waals surface area contributed by atoms with Gasteiger partial charge in [0.1, 0.15) is 5.82 Å². The second kappa shape index (κ2) is 3.53. The fraction of sp³-hybridized carbons (Fsp3) is 0.714. The third-order valence-corrected chi connectivity index (χ3v) is 1.88. The van der Waals surface area contributed by atoms with Crippen LogP contribution in [0.1, 0.15) is 32.1 Å². The van der Waals surface area contributed by atoms with E-state index in [9.17, 15) is 4.79 Å². The monoisotopic (exact) mass is 170 g/mol. The van der Waals surface area contributed by atoms with Crippen LogP contribution in [0.2, 0.25) is 0 Å². The summed E-state index contributed by atoms with van der Waals surface area (Å²) in [7, 11) is 0. The number of aromatic nitrogens is 3. The van der Waals surface area contributed by atoms with Crippen molar-refractivity contribution in [2.24, 2.45) is 5.73 Å². The first-order valence-corrected chi connectivity index (χ1v) is 4.11. The summed E-state index contributed by atoms with van der Waals surface area (Å²) in [4.78, 5) is 11.1. The zero-order valence-electron chi connectivity index (χ0n) is 7.37. The number of aromatic amines is 1. The summed E-state index contributed by atoms with van der Waals surface area (Å²) < 4.78 is 1.55. The molecule has 0 bridgehead atoms. The van der Waals surface area contributed by atoms with Crippen molar-refractivity contribution in [3.8, 4) is 0 Å².